The fourth-order valence-electron chi connectivity index (χ4n) is 2.98. The third-order valence-electron chi connectivity index (χ3n) is 4.35. The van der Waals surface area contributed by atoms with Crippen LogP contribution in [0.2, 0.25) is 10.0 Å². The van der Waals surface area contributed by atoms with Gasteiger partial charge in [-0.05, 0) is 24.3 Å². The minimum absolute atomic E-state index is 0.0639. The van der Waals surface area contributed by atoms with Crippen molar-refractivity contribution in [3.05, 3.63) is 104 Å². The average molecular weight is 413 g/mol. The van der Waals surface area contributed by atoms with Crippen LogP contribution >= 0.6 is 23.2 Å². The molecular weight excluding hydrogens is 399 g/mol. The number of benzene rings is 3. The van der Waals surface area contributed by atoms with Crippen molar-refractivity contribution < 1.29 is 9.57 Å². The van der Waals surface area contributed by atoms with Crippen LogP contribution in [0.3, 0.4) is 0 Å². The lowest BCUT2D eigenvalue weighted by molar-refractivity contribution is -0.566. The number of aromatic nitrogens is 2. The summed E-state index contributed by atoms with van der Waals surface area (Å²) in [5, 5.41) is 13.8. The monoisotopic (exact) mass is 412 g/mol. The van der Waals surface area contributed by atoms with E-state index in [-0.39, 0.29) is 17.8 Å². The molecule has 4 aromatic rings. The van der Waals surface area contributed by atoms with Crippen LogP contribution in [0.15, 0.2) is 77.6 Å². The summed E-state index contributed by atoms with van der Waals surface area (Å²) in [6.07, 6.45) is 0. The van der Waals surface area contributed by atoms with Gasteiger partial charge in [-0.25, -0.2) is 0 Å². The molecule has 3 aromatic carbocycles. The first-order valence-electron chi connectivity index (χ1n) is 8.47. The van der Waals surface area contributed by atoms with Crippen molar-refractivity contribution in [2.45, 2.75) is 6.61 Å². The van der Waals surface area contributed by atoms with E-state index in [1.165, 1.54) is 0 Å². The first-order chi connectivity index (χ1) is 13.6. The number of hydrogen-bond acceptors (Lipinski definition) is 3. The van der Waals surface area contributed by atoms with Crippen molar-refractivity contribution in [1.82, 2.24) is 4.73 Å². The molecule has 0 atom stereocenters. The molecule has 0 radical (unpaired) electrons. The van der Waals surface area contributed by atoms with Crippen molar-refractivity contribution in [2.75, 3.05) is 0 Å². The van der Waals surface area contributed by atoms with E-state index in [0.29, 0.717) is 25.9 Å². The summed E-state index contributed by atoms with van der Waals surface area (Å²) in [5.74, 6) is 0. The van der Waals surface area contributed by atoms with Gasteiger partial charge in [0.25, 0.3) is 5.69 Å². The van der Waals surface area contributed by atoms with Crippen LogP contribution < -0.4 is 15.1 Å². The highest BCUT2D eigenvalue weighted by atomic mass is 35.5. The summed E-state index contributed by atoms with van der Waals surface area (Å²) in [6, 6.07) is 20.6. The molecular formula is C21H14Cl2N2O3. The van der Waals surface area contributed by atoms with E-state index in [1.807, 2.05) is 12.1 Å². The number of nitrogens with zero attached hydrogens (tertiary/aromatic N) is 2. The highest BCUT2D eigenvalue weighted by molar-refractivity contribution is 6.33. The van der Waals surface area contributed by atoms with E-state index >= 15 is 0 Å². The summed E-state index contributed by atoms with van der Waals surface area (Å²) in [6.45, 7) is 0.0639. The van der Waals surface area contributed by atoms with E-state index in [0.717, 1.165) is 10.3 Å². The Kier molecular flexibility index (Phi) is 4.94. The first-order valence-corrected chi connectivity index (χ1v) is 9.22. The lowest BCUT2D eigenvalue weighted by Gasteiger charge is -2.15. The van der Waals surface area contributed by atoms with E-state index in [4.69, 9.17) is 28.0 Å². The van der Waals surface area contributed by atoms with Crippen molar-refractivity contribution in [3.63, 3.8) is 0 Å². The van der Waals surface area contributed by atoms with Crippen LogP contribution in [0.4, 0.5) is 0 Å². The molecule has 4 rings (SSSR count). The molecule has 28 heavy (non-hydrogen) atoms. The molecule has 0 aliphatic carbocycles. The number of hydrogen-bond donors (Lipinski definition) is 0. The Labute approximate surface area is 170 Å². The molecule has 0 amide bonds. The summed E-state index contributed by atoms with van der Waals surface area (Å²) in [7, 11) is 0. The van der Waals surface area contributed by atoms with Gasteiger partial charge in [0, 0.05) is 16.7 Å². The fraction of sp³-hybridized carbons (Fsp3) is 0.0476. The minimum Gasteiger partial charge on any atom is -0.618 e. The van der Waals surface area contributed by atoms with E-state index in [2.05, 4.69) is 0 Å². The molecule has 0 aliphatic rings. The van der Waals surface area contributed by atoms with Crippen LogP contribution in [0.5, 0.6) is 0 Å². The highest BCUT2D eigenvalue weighted by Gasteiger charge is 2.25. The predicted molar refractivity (Wildman–Crippen MR) is 109 cm³/mol. The third kappa shape index (κ3) is 3.19. The van der Waals surface area contributed by atoms with Crippen LogP contribution in [-0.2, 0) is 6.61 Å². The predicted octanol–water partition coefficient (Wildman–Crippen LogP) is 4.24. The van der Waals surface area contributed by atoms with Gasteiger partial charge in [-0.3, -0.25) is 4.79 Å². The zero-order chi connectivity index (χ0) is 19.7. The summed E-state index contributed by atoms with van der Waals surface area (Å²) >= 11 is 12.4. The maximum atomic E-state index is 13.2. The zero-order valence-electron chi connectivity index (χ0n) is 14.5. The first kappa shape index (κ1) is 18.3. The average Bonchev–Trinajstić information content (AvgIpc) is 2.70. The number of rotatable bonds is 4. The molecule has 0 fully saturated rings. The van der Waals surface area contributed by atoms with E-state index in [1.54, 1.807) is 60.7 Å². The number of para-hydroxylation sites is 2. The second-order valence-corrected chi connectivity index (χ2v) is 6.89. The summed E-state index contributed by atoms with van der Waals surface area (Å²) < 4.78 is 1.71. The maximum absolute atomic E-state index is 13.2. The molecule has 0 bridgehead atoms. The molecule has 0 saturated heterocycles. The molecule has 0 unspecified atom stereocenters. The van der Waals surface area contributed by atoms with Gasteiger partial charge in [-0.1, -0.05) is 65.7 Å². The summed E-state index contributed by atoms with van der Waals surface area (Å²) in [4.78, 5) is 19.0. The van der Waals surface area contributed by atoms with Gasteiger partial charge in [-0.2, -0.15) is 4.73 Å². The Balaban J connectivity index is 1.92. The van der Waals surface area contributed by atoms with Crippen LogP contribution in [0.1, 0.15) is 5.56 Å². The standard InChI is InChI=1S/C21H14Cl2N2O3/c22-16-9-3-1-7-14(16)13-28-25-19-12-6-5-11-18(19)24(27)20(21(25)26)15-8-2-4-10-17(15)23/h1-12H,13H2. The molecule has 5 nitrogen and oxygen atoms in total. The highest BCUT2D eigenvalue weighted by Crippen LogP contribution is 2.24. The van der Waals surface area contributed by atoms with Gasteiger partial charge in [0.15, 0.2) is 5.52 Å². The Bertz CT molecular complexity index is 1240. The molecule has 0 saturated carbocycles. The molecule has 0 aliphatic heterocycles. The third-order valence-corrected chi connectivity index (χ3v) is 5.04. The van der Waals surface area contributed by atoms with Gasteiger partial charge in [0.2, 0.25) is 5.52 Å². The van der Waals surface area contributed by atoms with E-state index < -0.39 is 5.56 Å². The van der Waals surface area contributed by atoms with Crippen LogP contribution in [0.25, 0.3) is 22.3 Å². The smallest absolute Gasteiger partial charge is 0.357 e. The minimum atomic E-state index is -0.603. The topological polar surface area (TPSA) is 58.2 Å². The van der Waals surface area contributed by atoms with Crippen molar-refractivity contribution in [3.8, 4) is 11.3 Å². The van der Waals surface area contributed by atoms with E-state index in [9.17, 15) is 10.0 Å². The largest absolute Gasteiger partial charge is 0.618 e. The number of fused-ring (bicyclic) bond motifs is 1. The molecule has 7 heteroatoms. The fourth-order valence-corrected chi connectivity index (χ4v) is 3.39. The maximum Gasteiger partial charge on any atom is 0.357 e. The van der Waals surface area contributed by atoms with Gasteiger partial charge in [-0.15, -0.1) is 4.73 Å². The second kappa shape index (κ2) is 7.54. The van der Waals surface area contributed by atoms with Gasteiger partial charge >= 0.3 is 5.56 Å². The van der Waals surface area contributed by atoms with Gasteiger partial charge in [0.05, 0.1) is 10.6 Å². The molecule has 1 aromatic heterocycles. The Hall–Kier alpha value is -3.02. The van der Waals surface area contributed by atoms with Crippen LogP contribution in [-0.4, -0.2) is 4.73 Å². The zero-order valence-corrected chi connectivity index (χ0v) is 16.0. The lowest BCUT2D eigenvalue weighted by atomic mass is 10.1. The second-order valence-electron chi connectivity index (χ2n) is 6.08. The van der Waals surface area contributed by atoms with Crippen molar-refractivity contribution in [2.24, 2.45) is 0 Å². The molecule has 1 heterocycles. The molecule has 0 spiro atoms. The number of halogens is 2. The Morgan fingerprint density at radius 2 is 1.54 bits per heavy atom. The summed E-state index contributed by atoms with van der Waals surface area (Å²) in [5.41, 5.74) is 0.988. The Morgan fingerprint density at radius 1 is 0.893 bits per heavy atom. The molecule has 140 valence electrons. The van der Waals surface area contributed by atoms with Crippen molar-refractivity contribution >= 4 is 34.2 Å². The SMILES string of the molecule is O=c1c(-c2ccccc2Cl)[n+]([O-])c2ccccc2n1OCc1ccccc1Cl. The lowest BCUT2D eigenvalue weighted by Crippen LogP contribution is -2.42. The van der Waals surface area contributed by atoms with Crippen molar-refractivity contribution in [1.29, 1.82) is 0 Å². The Morgan fingerprint density at radius 3 is 2.29 bits per heavy atom. The van der Waals surface area contributed by atoms with Crippen LogP contribution in [0, 0.1) is 5.21 Å². The molecule has 0 N–H and O–H groups in total. The normalized spacial score (nSPS) is 10.9. The van der Waals surface area contributed by atoms with Gasteiger partial charge < -0.3 is 10.0 Å². The van der Waals surface area contributed by atoms with Gasteiger partial charge in [0.1, 0.15) is 6.61 Å². The quantitative estimate of drug-likeness (QED) is 0.372.